The van der Waals surface area contributed by atoms with Gasteiger partial charge in [0.15, 0.2) is 0 Å². The lowest BCUT2D eigenvalue weighted by Crippen LogP contribution is -2.23. The van der Waals surface area contributed by atoms with Crippen LogP contribution in [0.15, 0.2) is 36.5 Å². The van der Waals surface area contributed by atoms with E-state index in [2.05, 4.69) is 10.4 Å². The van der Waals surface area contributed by atoms with Crippen LogP contribution >= 0.6 is 0 Å². The monoisotopic (exact) mass is 229 g/mol. The minimum absolute atomic E-state index is 0.0613. The lowest BCUT2D eigenvalue weighted by Gasteiger charge is -2.05. The van der Waals surface area contributed by atoms with Crippen molar-refractivity contribution < 1.29 is 4.79 Å². The van der Waals surface area contributed by atoms with Gasteiger partial charge in [-0.2, -0.15) is 5.10 Å². The zero-order valence-electron chi connectivity index (χ0n) is 9.97. The van der Waals surface area contributed by atoms with Crippen molar-refractivity contribution in [3.05, 3.63) is 53.3 Å². The Morgan fingerprint density at radius 1 is 1.35 bits per heavy atom. The first-order chi connectivity index (χ1) is 8.16. The molecule has 1 amide bonds. The van der Waals surface area contributed by atoms with E-state index in [1.165, 1.54) is 0 Å². The van der Waals surface area contributed by atoms with Crippen LogP contribution in [0.4, 0.5) is 0 Å². The number of nitrogens with zero attached hydrogens (tertiary/aromatic N) is 2. The highest BCUT2D eigenvalue weighted by molar-refractivity contribution is 5.95. The largest absolute Gasteiger partial charge is 0.346 e. The van der Waals surface area contributed by atoms with Crippen LogP contribution in [0.2, 0.25) is 0 Å². The van der Waals surface area contributed by atoms with Gasteiger partial charge in [0.1, 0.15) is 0 Å². The van der Waals surface area contributed by atoms with Crippen molar-refractivity contribution >= 4 is 5.91 Å². The van der Waals surface area contributed by atoms with Crippen LogP contribution < -0.4 is 5.32 Å². The van der Waals surface area contributed by atoms with E-state index in [-0.39, 0.29) is 5.91 Å². The second-order valence-corrected chi connectivity index (χ2v) is 3.98. The molecule has 0 spiro atoms. The molecule has 0 radical (unpaired) electrons. The molecule has 4 heteroatoms. The summed E-state index contributed by atoms with van der Waals surface area (Å²) < 4.78 is 1.72. The van der Waals surface area contributed by atoms with Gasteiger partial charge in [0.2, 0.25) is 0 Å². The predicted molar refractivity (Wildman–Crippen MR) is 65.6 cm³/mol. The fourth-order valence-electron chi connectivity index (χ4n) is 1.65. The Hall–Kier alpha value is -2.10. The molecule has 2 aromatic rings. The summed E-state index contributed by atoms with van der Waals surface area (Å²) in [6, 6.07) is 9.42. The molecule has 0 saturated carbocycles. The van der Waals surface area contributed by atoms with E-state index in [0.29, 0.717) is 12.1 Å². The normalized spacial score (nSPS) is 10.2. The SMILES string of the molecule is Cc1ccccc1C(=O)NCc1ccn(C)n1. The Bertz CT molecular complexity index is 531. The van der Waals surface area contributed by atoms with Crippen molar-refractivity contribution in [3.63, 3.8) is 0 Å². The second-order valence-electron chi connectivity index (χ2n) is 3.98. The Labute approximate surface area is 100 Å². The van der Waals surface area contributed by atoms with E-state index in [4.69, 9.17) is 0 Å². The highest BCUT2D eigenvalue weighted by Gasteiger charge is 2.07. The van der Waals surface area contributed by atoms with Crippen LogP contribution in [-0.4, -0.2) is 15.7 Å². The van der Waals surface area contributed by atoms with Crippen LogP contribution in [0.1, 0.15) is 21.6 Å². The summed E-state index contributed by atoms with van der Waals surface area (Å²) in [5, 5.41) is 7.06. The summed E-state index contributed by atoms with van der Waals surface area (Å²) in [6.07, 6.45) is 1.86. The molecule has 0 aliphatic rings. The lowest BCUT2D eigenvalue weighted by molar-refractivity contribution is 0.0949. The molecule has 0 fully saturated rings. The van der Waals surface area contributed by atoms with Crippen LogP contribution in [0.5, 0.6) is 0 Å². The van der Waals surface area contributed by atoms with Crippen molar-refractivity contribution in [1.82, 2.24) is 15.1 Å². The molecule has 0 aliphatic carbocycles. The molecule has 0 atom stereocenters. The zero-order valence-corrected chi connectivity index (χ0v) is 9.97. The van der Waals surface area contributed by atoms with Crippen LogP contribution in [0.3, 0.4) is 0 Å². The second kappa shape index (κ2) is 4.82. The molecule has 1 N–H and O–H groups in total. The van der Waals surface area contributed by atoms with E-state index >= 15 is 0 Å². The van der Waals surface area contributed by atoms with Crippen LogP contribution in [0, 0.1) is 6.92 Å². The molecule has 88 valence electrons. The molecule has 4 nitrogen and oxygen atoms in total. The Morgan fingerprint density at radius 2 is 2.12 bits per heavy atom. The standard InChI is InChI=1S/C13H15N3O/c1-10-5-3-4-6-12(10)13(17)14-9-11-7-8-16(2)15-11/h3-8H,9H2,1-2H3,(H,14,17). The first-order valence-electron chi connectivity index (χ1n) is 5.49. The molecule has 0 unspecified atom stereocenters. The first-order valence-corrected chi connectivity index (χ1v) is 5.49. The molecule has 0 aliphatic heterocycles. The van der Waals surface area contributed by atoms with Gasteiger partial charge in [-0.1, -0.05) is 18.2 Å². The van der Waals surface area contributed by atoms with Gasteiger partial charge in [0.25, 0.3) is 5.91 Å². The fraction of sp³-hybridized carbons (Fsp3) is 0.231. The smallest absolute Gasteiger partial charge is 0.251 e. The number of aryl methyl sites for hydroxylation is 2. The topological polar surface area (TPSA) is 46.9 Å². The minimum atomic E-state index is -0.0613. The number of rotatable bonds is 3. The van der Waals surface area contributed by atoms with Gasteiger partial charge in [-0.15, -0.1) is 0 Å². The number of hydrogen-bond acceptors (Lipinski definition) is 2. The van der Waals surface area contributed by atoms with Gasteiger partial charge in [0, 0.05) is 18.8 Å². The maximum absolute atomic E-state index is 11.9. The van der Waals surface area contributed by atoms with Gasteiger partial charge in [-0.05, 0) is 24.6 Å². The Morgan fingerprint density at radius 3 is 2.76 bits per heavy atom. The number of amides is 1. The van der Waals surface area contributed by atoms with Crippen LogP contribution in [-0.2, 0) is 13.6 Å². The van der Waals surface area contributed by atoms with E-state index in [1.54, 1.807) is 4.68 Å². The number of nitrogens with one attached hydrogen (secondary N) is 1. The molecular weight excluding hydrogens is 214 g/mol. The Balaban J connectivity index is 2.01. The summed E-state index contributed by atoms with van der Waals surface area (Å²) in [4.78, 5) is 11.9. The third kappa shape index (κ3) is 2.72. The number of carbonyl (C=O) groups is 1. The summed E-state index contributed by atoms with van der Waals surface area (Å²) in [6.45, 7) is 2.38. The lowest BCUT2D eigenvalue weighted by atomic mass is 10.1. The molecule has 17 heavy (non-hydrogen) atoms. The number of hydrogen-bond donors (Lipinski definition) is 1. The zero-order chi connectivity index (χ0) is 12.3. The highest BCUT2D eigenvalue weighted by Crippen LogP contribution is 2.06. The van der Waals surface area contributed by atoms with E-state index in [0.717, 1.165) is 11.3 Å². The molecular formula is C13H15N3O. The molecule has 2 rings (SSSR count). The number of carbonyl (C=O) groups excluding carboxylic acids is 1. The van der Waals surface area contributed by atoms with Gasteiger partial charge < -0.3 is 5.32 Å². The van der Waals surface area contributed by atoms with Crippen molar-refractivity contribution in [2.75, 3.05) is 0 Å². The van der Waals surface area contributed by atoms with Crippen molar-refractivity contribution in [2.24, 2.45) is 7.05 Å². The number of benzene rings is 1. The van der Waals surface area contributed by atoms with Crippen molar-refractivity contribution in [1.29, 1.82) is 0 Å². The van der Waals surface area contributed by atoms with E-state index < -0.39 is 0 Å². The molecule has 0 saturated heterocycles. The van der Waals surface area contributed by atoms with E-state index in [1.807, 2.05) is 50.5 Å². The molecule has 0 bridgehead atoms. The highest BCUT2D eigenvalue weighted by atomic mass is 16.1. The average molecular weight is 229 g/mol. The number of aromatic nitrogens is 2. The summed E-state index contributed by atoms with van der Waals surface area (Å²) in [5.41, 5.74) is 2.55. The van der Waals surface area contributed by atoms with Crippen molar-refractivity contribution in [3.8, 4) is 0 Å². The van der Waals surface area contributed by atoms with E-state index in [9.17, 15) is 4.79 Å². The average Bonchev–Trinajstić information content (AvgIpc) is 2.73. The third-order valence-corrected chi connectivity index (χ3v) is 2.59. The summed E-state index contributed by atoms with van der Waals surface area (Å²) in [5.74, 6) is -0.0613. The maximum atomic E-state index is 11.9. The quantitative estimate of drug-likeness (QED) is 0.870. The van der Waals surface area contributed by atoms with Crippen molar-refractivity contribution in [2.45, 2.75) is 13.5 Å². The van der Waals surface area contributed by atoms with Gasteiger partial charge in [-0.3, -0.25) is 9.48 Å². The third-order valence-electron chi connectivity index (χ3n) is 2.59. The fourth-order valence-corrected chi connectivity index (χ4v) is 1.65. The summed E-state index contributed by atoms with van der Waals surface area (Å²) in [7, 11) is 1.85. The molecule has 1 heterocycles. The summed E-state index contributed by atoms with van der Waals surface area (Å²) >= 11 is 0. The minimum Gasteiger partial charge on any atom is -0.346 e. The molecule has 1 aromatic heterocycles. The van der Waals surface area contributed by atoms with Gasteiger partial charge >= 0.3 is 0 Å². The van der Waals surface area contributed by atoms with Gasteiger partial charge in [-0.25, -0.2) is 0 Å². The maximum Gasteiger partial charge on any atom is 0.251 e. The van der Waals surface area contributed by atoms with Crippen LogP contribution in [0.25, 0.3) is 0 Å². The molecule has 1 aromatic carbocycles. The Kier molecular flexibility index (Phi) is 3.23. The predicted octanol–water partition coefficient (Wildman–Crippen LogP) is 1.66. The van der Waals surface area contributed by atoms with Gasteiger partial charge in [0.05, 0.1) is 12.2 Å². The first kappa shape index (κ1) is 11.4.